The van der Waals surface area contributed by atoms with E-state index in [4.69, 9.17) is 0 Å². The molecule has 2 heterocycles. The maximum Gasteiger partial charge on any atom is 0.169 e. The molecule has 2 nitrogen and oxygen atoms in total. The number of benzene rings is 1. The molecular weight excluding hydrogens is 304 g/mol. The lowest BCUT2D eigenvalue weighted by Crippen LogP contribution is -2.25. The maximum atomic E-state index is 4.18. The van der Waals surface area contributed by atoms with Crippen LogP contribution in [0.3, 0.4) is 0 Å². The van der Waals surface area contributed by atoms with E-state index in [0.29, 0.717) is 0 Å². The zero-order chi connectivity index (χ0) is 18.2. The van der Waals surface area contributed by atoms with Crippen molar-refractivity contribution in [3.63, 3.8) is 0 Å². The number of hydrogen-bond acceptors (Lipinski definition) is 1. The highest BCUT2D eigenvalue weighted by Gasteiger charge is 2.10. The molecule has 1 aliphatic rings. The molecule has 1 aromatic heterocycles. The van der Waals surface area contributed by atoms with Crippen molar-refractivity contribution < 1.29 is 4.57 Å². The maximum absolute atomic E-state index is 4.18. The van der Waals surface area contributed by atoms with Crippen LogP contribution in [0.4, 0.5) is 0 Å². The van der Waals surface area contributed by atoms with E-state index >= 15 is 0 Å². The number of allylic oxidation sites excluding steroid dienone is 4. The van der Waals surface area contributed by atoms with Crippen LogP contribution in [0.25, 0.3) is 11.1 Å². The van der Waals surface area contributed by atoms with E-state index in [-0.39, 0.29) is 0 Å². The third kappa shape index (κ3) is 4.80. The van der Waals surface area contributed by atoms with E-state index in [2.05, 4.69) is 91.7 Å². The molecule has 0 saturated heterocycles. The summed E-state index contributed by atoms with van der Waals surface area (Å²) in [5.41, 5.74) is 5.77. The zero-order valence-electron chi connectivity index (χ0n) is 15.6. The molecule has 0 unspecified atom stereocenters. The first-order valence-corrected chi connectivity index (χ1v) is 8.70. The van der Waals surface area contributed by atoms with Crippen LogP contribution in [0.2, 0.25) is 0 Å². The van der Waals surface area contributed by atoms with Gasteiger partial charge in [0.1, 0.15) is 7.05 Å². The minimum Gasteiger partial charge on any atom is -0.324 e. The third-order valence-corrected chi connectivity index (χ3v) is 3.94. The zero-order valence-corrected chi connectivity index (χ0v) is 15.6. The quantitative estimate of drug-likeness (QED) is 0.690. The molecule has 0 fully saturated rings. The van der Waals surface area contributed by atoms with Gasteiger partial charge in [-0.05, 0) is 41.3 Å². The predicted octanol–water partition coefficient (Wildman–Crippen LogP) is 5.32. The molecule has 25 heavy (non-hydrogen) atoms. The van der Waals surface area contributed by atoms with E-state index in [1.807, 2.05) is 31.5 Å². The Bertz CT molecular complexity index is 794. The Labute approximate surface area is 151 Å². The van der Waals surface area contributed by atoms with Crippen molar-refractivity contribution in [3.05, 3.63) is 103 Å². The van der Waals surface area contributed by atoms with Gasteiger partial charge in [0.15, 0.2) is 12.4 Å². The van der Waals surface area contributed by atoms with Gasteiger partial charge >= 0.3 is 0 Å². The van der Waals surface area contributed by atoms with Crippen LogP contribution in [0.5, 0.6) is 0 Å². The van der Waals surface area contributed by atoms with Crippen molar-refractivity contribution in [3.8, 4) is 0 Å². The summed E-state index contributed by atoms with van der Waals surface area (Å²) in [6.07, 6.45) is 12.5. The van der Waals surface area contributed by atoms with Crippen molar-refractivity contribution in [1.82, 2.24) is 4.90 Å². The van der Waals surface area contributed by atoms with E-state index in [9.17, 15) is 0 Å². The lowest BCUT2D eigenvalue weighted by Gasteiger charge is -2.22. The van der Waals surface area contributed by atoms with Crippen LogP contribution in [0.15, 0.2) is 91.7 Å². The first-order chi connectivity index (χ1) is 12.1. The first-order valence-electron chi connectivity index (χ1n) is 8.70. The number of aromatic nitrogens is 1. The second-order valence-corrected chi connectivity index (χ2v) is 5.74. The summed E-state index contributed by atoms with van der Waals surface area (Å²) in [6.45, 7) is 10.3. The minimum atomic E-state index is 0.964. The Hall–Kier alpha value is -2.87. The highest BCUT2D eigenvalue weighted by molar-refractivity contribution is 5.77. The third-order valence-electron chi connectivity index (χ3n) is 3.94. The first kappa shape index (κ1) is 18.5. The fraction of sp³-hybridized carbons (Fsp3) is 0.174. The lowest BCUT2D eigenvalue weighted by atomic mass is 10.0. The Balaban J connectivity index is 0.00000109. The summed E-state index contributed by atoms with van der Waals surface area (Å²) < 4.78 is 2.03. The van der Waals surface area contributed by atoms with Crippen molar-refractivity contribution in [2.75, 3.05) is 0 Å². The monoisotopic (exact) mass is 331 g/mol. The smallest absolute Gasteiger partial charge is 0.169 e. The average Bonchev–Trinajstić information content (AvgIpc) is 2.66. The van der Waals surface area contributed by atoms with Crippen LogP contribution in [-0.2, 0) is 7.05 Å². The molecule has 2 aromatic rings. The van der Waals surface area contributed by atoms with Gasteiger partial charge in [-0.1, -0.05) is 50.8 Å². The van der Waals surface area contributed by atoms with E-state index in [1.54, 1.807) is 0 Å². The van der Waals surface area contributed by atoms with Gasteiger partial charge in [-0.3, -0.25) is 0 Å². The largest absolute Gasteiger partial charge is 0.324 e. The molecule has 0 spiro atoms. The van der Waals surface area contributed by atoms with Crippen LogP contribution < -0.4 is 4.57 Å². The fourth-order valence-electron chi connectivity index (χ4n) is 2.54. The minimum absolute atomic E-state index is 0.964. The molecule has 0 atom stereocenters. The number of aryl methyl sites for hydroxylation is 1. The summed E-state index contributed by atoms with van der Waals surface area (Å²) in [7, 11) is 2.02. The normalized spacial score (nSPS) is 13.9. The molecule has 128 valence electrons. The van der Waals surface area contributed by atoms with Gasteiger partial charge in [-0.2, -0.15) is 0 Å². The van der Waals surface area contributed by atoms with E-state index in [0.717, 1.165) is 5.70 Å². The topological polar surface area (TPSA) is 7.12 Å². The molecule has 0 aliphatic carbocycles. The Kier molecular flexibility index (Phi) is 6.53. The predicted molar refractivity (Wildman–Crippen MR) is 107 cm³/mol. The number of hydrogen-bond donors (Lipinski definition) is 0. The summed E-state index contributed by atoms with van der Waals surface area (Å²) in [6, 6.07) is 14.6. The van der Waals surface area contributed by atoms with Gasteiger partial charge in [-0.25, -0.2) is 4.57 Å². The van der Waals surface area contributed by atoms with Gasteiger partial charge in [0.05, 0.1) is 0 Å². The molecule has 0 amide bonds. The van der Waals surface area contributed by atoms with Gasteiger partial charge in [0.25, 0.3) is 0 Å². The Morgan fingerprint density at radius 2 is 1.68 bits per heavy atom. The van der Waals surface area contributed by atoms with Gasteiger partial charge in [0.2, 0.25) is 0 Å². The fourth-order valence-corrected chi connectivity index (χ4v) is 2.54. The molecule has 3 rings (SSSR count). The molecule has 0 N–H and O–H groups in total. The average molecular weight is 331 g/mol. The van der Waals surface area contributed by atoms with E-state index < -0.39 is 0 Å². The Morgan fingerprint density at radius 1 is 1.04 bits per heavy atom. The van der Waals surface area contributed by atoms with Gasteiger partial charge in [-0.15, -0.1) is 0 Å². The SMILES string of the molecule is C=C1C=C(c2cc[n+](C)cc2)C=CN1/C=C(\C)c1ccccc1.CC. The lowest BCUT2D eigenvalue weighted by molar-refractivity contribution is -0.671. The molecular formula is C23H27N2+. The summed E-state index contributed by atoms with van der Waals surface area (Å²) >= 11 is 0. The van der Waals surface area contributed by atoms with Crippen molar-refractivity contribution in [2.45, 2.75) is 20.8 Å². The van der Waals surface area contributed by atoms with Crippen LogP contribution in [0, 0.1) is 0 Å². The second-order valence-electron chi connectivity index (χ2n) is 5.74. The number of rotatable bonds is 3. The van der Waals surface area contributed by atoms with Crippen molar-refractivity contribution >= 4 is 11.1 Å². The van der Waals surface area contributed by atoms with Gasteiger partial charge in [0, 0.05) is 30.2 Å². The van der Waals surface area contributed by atoms with E-state index in [1.165, 1.54) is 22.3 Å². The standard InChI is InChI=1S/C21H21N2.C2H6/c1-17(19-7-5-4-6-8-19)16-23-14-11-21(15-18(23)2)20-9-12-22(3)13-10-20;1-2/h4-16H,2H2,1,3H3;1-2H3/q+1;/b17-16+;. The molecule has 2 heteroatoms. The summed E-state index contributed by atoms with van der Waals surface area (Å²) in [4.78, 5) is 2.06. The summed E-state index contributed by atoms with van der Waals surface area (Å²) in [5, 5.41) is 0. The number of nitrogens with zero attached hydrogens (tertiary/aromatic N) is 2. The van der Waals surface area contributed by atoms with Crippen LogP contribution in [0.1, 0.15) is 31.9 Å². The molecule has 0 saturated carbocycles. The van der Waals surface area contributed by atoms with Gasteiger partial charge < -0.3 is 4.90 Å². The second kappa shape index (κ2) is 8.84. The van der Waals surface area contributed by atoms with Crippen LogP contribution in [-0.4, -0.2) is 4.90 Å². The molecule has 0 bridgehead atoms. The molecule has 1 aliphatic heterocycles. The highest BCUT2D eigenvalue weighted by Crippen LogP contribution is 2.25. The molecule has 1 aromatic carbocycles. The Morgan fingerprint density at radius 3 is 2.28 bits per heavy atom. The number of pyridine rings is 1. The van der Waals surface area contributed by atoms with Crippen molar-refractivity contribution in [2.24, 2.45) is 7.05 Å². The summed E-state index contributed by atoms with van der Waals surface area (Å²) in [5.74, 6) is 0. The van der Waals surface area contributed by atoms with Crippen molar-refractivity contribution in [1.29, 1.82) is 0 Å². The van der Waals surface area contributed by atoms with Crippen LogP contribution >= 0.6 is 0 Å². The molecule has 0 radical (unpaired) electrons. The highest BCUT2D eigenvalue weighted by atomic mass is 15.1.